The molecule has 4 atom stereocenters. The van der Waals surface area contributed by atoms with Gasteiger partial charge in [0.05, 0.1) is 17.6 Å². The van der Waals surface area contributed by atoms with Gasteiger partial charge in [-0.15, -0.1) is 0 Å². The maximum absolute atomic E-state index is 13.7. The van der Waals surface area contributed by atoms with E-state index in [1.54, 1.807) is 0 Å². The number of methoxy groups -OCH3 is 1. The van der Waals surface area contributed by atoms with Crippen LogP contribution in [0.2, 0.25) is 0 Å². The molecular formula is C23H31F3N2O4S. The molecule has 0 aliphatic carbocycles. The molecule has 10 heteroatoms. The molecule has 3 fully saturated rings. The quantitative estimate of drug-likeness (QED) is 0.568. The van der Waals surface area contributed by atoms with Gasteiger partial charge in [-0.3, -0.25) is 9.69 Å². The van der Waals surface area contributed by atoms with Crippen molar-refractivity contribution < 1.29 is 31.1 Å². The maximum atomic E-state index is 13.7. The van der Waals surface area contributed by atoms with E-state index in [2.05, 4.69) is 4.90 Å². The summed E-state index contributed by atoms with van der Waals surface area (Å²) in [5.74, 6) is 0.0357. The number of carbonyl (C=O) groups is 1. The number of sulfonamides is 1. The summed E-state index contributed by atoms with van der Waals surface area (Å²) in [5, 5.41) is 0. The van der Waals surface area contributed by atoms with Crippen LogP contribution in [-0.4, -0.2) is 62.4 Å². The van der Waals surface area contributed by atoms with Crippen LogP contribution in [0.5, 0.6) is 0 Å². The lowest BCUT2D eigenvalue weighted by Gasteiger charge is -2.57. The molecule has 0 radical (unpaired) electrons. The lowest BCUT2D eigenvalue weighted by molar-refractivity contribution is -0.141. The van der Waals surface area contributed by atoms with E-state index < -0.39 is 21.8 Å². The Balaban J connectivity index is 1.64. The van der Waals surface area contributed by atoms with Crippen LogP contribution in [-0.2, 0) is 25.7 Å². The molecule has 0 aromatic heterocycles. The second-order valence-corrected chi connectivity index (χ2v) is 11.3. The molecule has 33 heavy (non-hydrogen) atoms. The Morgan fingerprint density at radius 2 is 1.79 bits per heavy atom. The second kappa shape index (κ2) is 9.54. The van der Waals surface area contributed by atoms with Crippen LogP contribution in [0.1, 0.15) is 50.5 Å². The van der Waals surface area contributed by atoms with Crippen molar-refractivity contribution in [2.45, 2.75) is 68.1 Å². The van der Waals surface area contributed by atoms with Gasteiger partial charge in [0.25, 0.3) is 0 Å². The number of halogens is 3. The summed E-state index contributed by atoms with van der Waals surface area (Å²) in [4.78, 5) is 14.0. The molecule has 1 aromatic rings. The summed E-state index contributed by atoms with van der Waals surface area (Å²) in [5.41, 5.74) is -0.870. The van der Waals surface area contributed by atoms with E-state index in [-0.39, 0.29) is 35.2 Å². The summed E-state index contributed by atoms with van der Waals surface area (Å²) >= 11 is 0. The van der Waals surface area contributed by atoms with Gasteiger partial charge in [0.1, 0.15) is 0 Å². The zero-order valence-corrected chi connectivity index (χ0v) is 19.6. The van der Waals surface area contributed by atoms with Crippen molar-refractivity contribution in [1.29, 1.82) is 0 Å². The fourth-order valence-electron chi connectivity index (χ4n) is 6.10. The van der Waals surface area contributed by atoms with Crippen molar-refractivity contribution in [2.24, 2.45) is 11.8 Å². The lowest BCUT2D eigenvalue weighted by atomic mass is 9.70. The van der Waals surface area contributed by atoms with Crippen LogP contribution in [0.3, 0.4) is 0 Å². The summed E-state index contributed by atoms with van der Waals surface area (Å²) in [6.07, 6.45) is 0.604. The maximum Gasteiger partial charge on any atom is 0.416 e. The SMILES string of the molecule is COC(=O)CCC[C@@H]1[C@H]2CCCN3CCC[C@@H](CN1S(=O)(=O)c1ccc(C(F)(F)F)cc1)[C@@H]23. The van der Waals surface area contributed by atoms with E-state index in [1.165, 1.54) is 11.4 Å². The molecule has 0 unspecified atom stereocenters. The number of esters is 1. The van der Waals surface area contributed by atoms with Crippen LogP contribution in [0.25, 0.3) is 0 Å². The molecule has 0 N–H and O–H groups in total. The standard InChI is InChI=1S/C23H31F3N2O4S/c1-32-21(29)8-2-7-20-19-6-4-14-27-13-3-5-16(22(19)27)15-28(20)33(30,31)18-11-9-17(10-12-18)23(24,25)26/h9-12,16,19-20,22H,2-8,13-15H2,1H3/t16-,19+,20+,22-/m0/s1. The minimum Gasteiger partial charge on any atom is -0.469 e. The first kappa shape index (κ1) is 24.5. The van der Waals surface area contributed by atoms with Crippen LogP contribution >= 0.6 is 0 Å². The normalized spacial score (nSPS) is 28.8. The van der Waals surface area contributed by atoms with Gasteiger partial charge < -0.3 is 4.74 Å². The minimum atomic E-state index is -4.52. The molecule has 3 aliphatic rings. The zero-order valence-electron chi connectivity index (χ0n) is 18.8. The summed E-state index contributed by atoms with van der Waals surface area (Å²) in [6.45, 7) is 2.42. The highest BCUT2D eigenvalue weighted by Gasteiger charge is 2.51. The molecule has 1 aromatic carbocycles. The van der Waals surface area contributed by atoms with E-state index in [4.69, 9.17) is 4.74 Å². The molecule has 0 amide bonds. The Kier molecular flexibility index (Phi) is 7.08. The summed E-state index contributed by atoms with van der Waals surface area (Å²) in [6, 6.07) is 3.82. The topological polar surface area (TPSA) is 66.9 Å². The Bertz CT molecular complexity index is 949. The first-order valence-corrected chi connectivity index (χ1v) is 13.1. The largest absolute Gasteiger partial charge is 0.469 e. The molecule has 3 saturated heterocycles. The third kappa shape index (κ3) is 4.93. The highest BCUT2D eigenvalue weighted by atomic mass is 32.2. The molecule has 3 heterocycles. The van der Waals surface area contributed by atoms with Gasteiger partial charge >= 0.3 is 12.1 Å². The number of rotatable bonds is 6. The van der Waals surface area contributed by atoms with Gasteiger partial charge in [-0.1, -0.05) is 0 Å². The van der Waals surface area contributed by atoms with Crippen LogP contribution in [0, 0.1) is 11.8 Å². The molecule has 0 bridgehead atoms. The van der Waals surface area contributed by atoms with Crippen molar-refractivity contribution in [2.75, 3.05) is 26.7 Å². The second-order valence-electron chi connectivity index (χ2n) is 9.37. The molecule has 6 nitrogen and oxygen atoms in total. The van der Waals surface area contributed by atoms with Crippen molar-refractivity contribution in [3.8, 4) is 0 Å². The van der Waals surface area contributed by atoms with Crippen molar-refractivity contribution in [3.05, 3.63) is 29.8 Å². The summed E-state index contributed by atoms with van der Waals surface area (Å²) < 4.78 is 72.6. The molecule has 0 spiro atoms. The Hall–Kier alpha value is -1.65. The molecular weight excluding hydrogens is 457 g/mol. The van der Waals surface area contributed by atoms with Crippen molar-refractivity contribution >= 4 is 16.0 Å². The number of benzene rings is 1. The predicted octanol–water partition coefficient (Wildman–Crippen LogP) is 3.91. The van der Waals surface area contributed by atoms with E-state index in [1.807, 2.05) is 0 Å². The number of hydrogen-bond donors (Lipinski definition) is 0. The zero-order chi connectivity index (χ0) is 23.8. The monoisotopic (exact) mass is 488 g/mol. The first-order valence-electron chi connectivity index (χ1n) is 11.6. The number of carbonyl (C=O) groups excluding carboxylic acids is 1. The molecule has 3 aliphatic heterocycles. The van der Waals surface area contributed by atoms with Gasteiger partial charge in [-0.2, -0.15) is 17.5 Å². The number of ether oxygens (including phenoxy) is 1. The average molecular weight is 489 g/mol. The molecule has 0 saturated carbocycles. The highest BCUT2D eigenvalue weighted by Crippen LogP contribution is 2.45. The summed E-state index contributed by atoms with van der Waals surface area (Å²) in [7, 11) is -2.66. The van der Waals surface area contributed by atoms with Crippen LogP contribution in [0.15, 0.2) is 29.2 Å². The lowest BCUT2D eigenvalue weighted by Crippen LogP contribution is -2.65. The average Bonchev–Trinajstić information content (AvgIpc) is 2.79. The van der Waals surface area contributed by atoms with Crippen molar-refractivity contribution in [1.82, 2.24) is 9.21 Å². The predicted molar refractivity (Wildman–Crippen MR) is 116 cm³/mol. The van der Waals surface area contributed by atoms with Crippen LogP contribution < -0.4 is 0 Å². The molecule has 184 valence electrons. The smallest absolute Gasteiger partial charge is 0.416 e. The van der Waals surface area contributed by atoms with Crippen LogP contribution in [0.4, 0.5) is 13.2 Å². The Morgan fingerprint density at radius 1 is 1.12 bits per heavy atom. The van der Waals surface area contributed by atoms with Gasteiger partial charge in [0.2, 0.25) is 10.0 Å². The van der Waals surface area contributed by atoms with E-state index in [0.29, 0.717) is 25.4 Å². The van der Waals surface area contributed by atoms with Crippen molar-refractivity contribution in [3.63, 3.8) is 0 Å². The van der Waals surface area contributed by atoms with Gasteiger partial charge in [0, 0.05) is 25.0 Å². The first-order chi connectivity index (χ1) is 15.6. The number of hydrogen-bond acceptors (Lipinski definition) is 5. The molecule has 4 rings (SSSR count). The van der Waals surface area contributed by atoms with Gasteiger partial charge in [-0.05, 0) is 87.7 Å². The number of alkyl halides is 3. The third-order valence-electron chi connectivity index (χ3n) is 7.52. The van der Waals surface area contributed by atoms with E-state index >= 15 is 0 Å². The number of nitrogens with zero attached hydrogens (tertiary/aromatic N) is 2. The fourth-order valence-corrected chi connectivity index (χ4v) is 7.86. The van der Waals surface area contributed by atoms with E-state index in [0.717, 1.165) is 63.0 Å². The number of piperidine rings is 3. The highest BCUT2D eigenvalue weighted by molar-refractivity contribution is 7.89. The third-order valence-corrected chi connectivity index (χ3v) is 9.43. The Labute approximate surface area is 193 Å². The van der Waals surface area contributed by atoms with Gasteiger partial charge in [-0.25, -0.2) is 8.42 Å². The Morgan fingerprint density at radius 3 is 2.42 bits per heavy atom. The van der Waals surface area contributed by atoms with Gasteiger partial charge in [0.15, 0.2) is 0 Å². The fraction of sp³-hybridized carbons (Fsp3) is 0.696. The van der Waals surface area contributed by atoms with E-state index in [9.17, 15) is 26.4 Å². The minimum absolute atomic E-state index is 0.115.